The largest absolute Gasteiger partial charge is 0.327 e. The van der Waals surface area contributed by atoms with Crippen molar-refractivity contribution in [1.29, 1.82) is 0 Å². The minimum absolute atomic E-state index is 0.532. The molecule has 1 fully saturated rings. The molecule has 0 unspecified atom stereocenters. The Morgan fingerprint density at radius 1 is 1.50 bits per heavy atom. The lowest BCUT2D eigenvalue weighted by molar-refractivity contribution is 0.282. The van der Waals surface area contributed by atoms with Gasteiger partial charge < -0.3 is 5.73 Å². The van der Waals surface area contributed by atoms with Crippen LogP contribution in [0.15, 0.2) is 0 Å². The highest BCUT2D eigenvalue weighted by atomic mass is 14.7. The second-order valence-corrected chi connectivity index (χ2v) is 2.22. The van der Waals surface area contributed by atoms with Crippen LogP contribution >= 0.6 is 0 Å². The molecule has 2 N–H and O–H groups in total. The molecule has 1 saturated carbocycles. The van der Waals surface area contributed by atoms with Gasteiger partial charge in [0.15, 0.2) is 0 Å². The monoisotopic (exact) mass is 85.1 g/mol. The summed E-state index contributed by atoms with van der Waals surface area (Å²) in [6, 6.07) is 0.532. The first-order chi connectivity index (χ1) is 2.80. The van der Waals surface area contributed by atoms with Gasteiger partial charge in [-0.05, 0) is 18.8 Å². The van der Waals surface area contributed by atoms with Gasteiger partial charge in [-0.25, -0.2) is 0 Å². The van der Waals surface area contributed by atoms with E-state index >= 15 is 0 Å². The number of hydrogen-bond acceptors (Lipinski definition) is 1. The van der Waals surface area contributed by atoms with E-state index in [0.717, 1.165) is 5.92 Å². The van der Waals surface area contributed by atoms with Gasteiger partial charge in [0, 0.05) is 6.04 Å². The predicted molar refractivity (Wildman–Crippen MR) is 26.4 cm³/mol. The van der Waals surface area contributed by atoms with Gasteiger partial charge in [0.2, 0.25) is 0 Å². The van der Waals surface area contributed by atoms with Crippen molar-refractivity contribution in [2.24, 2.45) is 11.7 Å². The van der Waals surface area contributed by atoms with Crippen LogP contribution < -0.4 is 5.73 Å². The van der Waals surface area contributed by atoms with Crippen molar-refractivity contribution in [2.45, 2.75) is 25.8 Å². The molecule has 1 aliphatic rings. The van der Waals surface area contributed by atoms with Gasteiger partial charge in [0.1, 0.15) is 0 Å². The lowest BCUT2D eigenvalue weighted by Crippen LogP contribution is -2.37. The zero-order valence-electron chi connectivity index (χ0n) is 4.15. The first-order valence-corrected chi connectivity index (χ1v) is 2.56. The van der Waals surface area contributed by atoms with Crippen LogP contribution in [0.25, 0.3) is 0 Å². The van der Waals surface area contributed by atoms with E-state index in [1.165, 1.54) is 12.8 Å². The zero-order chi connectivity index (χ0) is 4.57. The van der Waals surface area contributed by atoms with Crippen LogP contribution in [0.3, 0.4) is 0 Å². The summed E-state index contributed by atoms with van der Waals surface area (Å²) in [5, 5.41) is 0. The molecule has 1 rings (SSSR count). The predicted octanol–water partition coefficient (Wildman–Crippen LogP) is 0.744. The quantitative estimate of drug-likeness (QED) is 0.461. The van der Waals surface area contributed by atoms with Crippen LogP contribution in [0, 0.1) is 5.92 Å². The van der Waals surface area contributed by atoms with Crippen molar-refractivity contribution < 1.29 is 0 Å². The van der Waals surface area contributed by atoms with Crippen molar-refractivity contribution in [2.75, 3.05) is 0 Å². The molecule has 0 aliphatic heterocycles. The Labute approximate surface area is 38.5 Å². The smallest absolute Gasteiger partial charge is 0.00646 e. The lowest BCUT2D eigenvalue weighted by atomic mass is 9.82. The second-order valence-electron chi connectivity index (χ2n) is 2.22. The maximum absolute atomic E-state index is 5.52. The molecule has 6 heavy (non-hydrogen) atoms. The zero-order valence-corrected chi connectivity index (χ0v) is 4.15. The summed E-state index contributed by atoms with van der Waals surface area (Å²) in [5.41, 5.74) is 5.52. The van der Waals surface area contributed by atoms with Gasteiger partial charge in [-0.3, -0.25) is 0 Å². The summed E-state index contributed by atoms with van der Waals surface area (Å²) in [4.78, 5) is 0. The molecule has 0 bridgehead atoms. The molecule has 2 atom stereocenters. The summed E-state index contributed by atoms with van der Waals surface area (Å²) >= 11 is 0. The maximum Gasteiger partial charge on any atom is 0.00646 e. The lowest BCUT2D eigenvalue weighted by Gasteiger charge is -2.29. The van der Waals surface area contributed by atoms with Crippen molar-refractivity contribution in [3.05, 3.63) is 0 Å². The Morgan fingerprint density at radius 2 is 2.00 bits per heavy atom. The summed E-state index contributed by atoms with van der Waals surface area (Å²) in [5.74, 6) is 0.810. The molecule has 0 spiro atoms. The molecule has 36 valence electrons. The average molecular weight is 85.2 g/mol. The van der Waals surface area contributed by atoms with E-state index in [1.807, 2.05) is 0 Å². The van der Waals surface area contributed by atoms with Crippen LogP contribution in [0.2, 0.25) is 0 Å². The van der Waals surface area contributed by atoms with Gasteiger partial charge in [0.05, 0.1) is 0 Å². The number of rotatable bonds is 0. The van der Waals surface area contributed by atoms with E-state index in [2.05, 4.69) is 6.92 Å². The molecule has 0 amide bonds. The van der Waals surface area contributed by atoms with Crippen LogP contribution in [-0.4, -0.2) is 6.04 Å². The third-order valence-corrected chi connectivity index (χ3v) is 1.69. The van der Waals surface area contributed by atoms with Gasteiger partial charge in [-0.15, -0.1) is 0 Å². The van der Waals surface area contributed by atoms with E-state index < -0.39 is 0 Å². The summed E-state index contributed by atoms with van der Waals surface area (Å²) in [6.45, 7) is 2.20. The first-order valence-electron chi connectivity index (χ1n) is 2.56. The fourth-order valence-electron chi connectivity index (χ4n) is 0.692. The Hall–Kier alpha value is -0.0400. The van der Waals surface area contributed by atoms with E-state index in [4.69, 9.17) is 5.73 Å². The Balaban J connectivity index is 2.20. The van der Waals surface area contributed by atoms with Gasteiger partial charge in [0.25, 0.3) is 0 Å². The summed E-state index contributed by atoms with van der Waals surface area (Å²) < 4.78 is 0. The van der Waals surface area contributed by atoms with Crippen LogP contribution in [0.5, 0.6) is 0 Å². The summed E-state index contributed by atoms with van der Waals surface area (Å²) in [7, 11) is 0. The highest BCUT2D eigenvalue weighted by molar-refractivity contribution is 4.79. The highest BCUT2D eigenvalue weighted by Gasteiger charge is 2.21. The van der Waals surface area contributed by atoms with Crippen molar-refractivity contribution in [3.8, 4) is 0 Å². The van der Waals surface area contributed by atoms with Gasteiger partial charge in [-0.1, -0.05) is 6.92 Å². The maximum atomic E-state index is 5.52. The molecule has 0 aromatic rings. The minimum atomic E-state index is 0.532. The standard InChI is InChI=1S/C5H11N/c1-4-2-3-5(4)6/h4-5H,2-3,6H2,1H3/t4-,5-/m0/s1. The third kappa shape index (κ3) is 0.432. The van der Waals surface area contributed by atoms with Crippen molar-refractivity contribution in [3.63, 3.8) is 0 Å². The highest BCUT2D eigenvalue weighted by Crippen LogP contribution is 2.23. The minimum Gasteiger partial charge on any atom is -0.327 e. The number of hydrogen-bond donors (Lipinski definition) is 1. The van der Waals surface area contributed by atoms with Gasteiger partial charge in [-0.2, -0.15) is 0 Å². The van der Waals surface area contributed by atoms with Crippen LogP contribution in [0.4, 0.5) is 0 Å². The molecule has 0 aromatic carbocycles. The first kappa shape index (κ1) is 4.13. The molecule has 1 nitrogen and oxygen atoms in total. The van der Waals surface area contributed by atoms with E-state index in [1.54, 1.807) is 0 Å². The fourth-order valence-corrected chi connectivity index (χ4v) is 0.692. The Bertz CT molecular complexity index is 43.9. The molecule has 1 aliphatic carbocycles. The van der Waals surface area contributed by atoms with Crippen molar-refractivity contribution in [1.82, 2.24) is 0 Å². The van der Waals surface area contributed by atoms with Crippen LogP contribution in [0.1, 0.15) is 19.8 Å². The Morgan fingerprint density at radius 3 is 2.00 bits per heavy atom. The Kier molecular flexibility index (Phi) is 0.845. The fraction of sp³-hybridized carbons (Fsp3) is 1.00. The van der Waals surface area contributed by atoms with E-state index in [-0.39, 0.29) is 0 Å². The van der Waals surface area contributed by atoms with E-state index in [0.29, 0.717) is 6.04 Å². The number of nitrogens with two attached hydrogens (primary N) is 1. The molecule has 0 aromatic heterocycles. The van der Waals surface area contributed by atoms with E-state index in [9.17, 15) is 0 Å². The normalized spacial score (nSPS) is 45.0. The SMILES string of the molecule is C[C@H]1CC[C@@H]1N. The molecular formula is C5H11N. The molecule has 0 radical (unpaired) electrons. The molecule has 0 heterocycles. The molecular weight excluding hydrogens is 74.1 g/mol. The third-order valence-electron chi connectivity index (χ3n) is 1.69. The topological polar surface area (TPSA) is 26.0 Å². The molecule has 1 heteroatoms. The van der Waals surface area contributed by atoms with Gasteiger partial charge >= 0.3 is 0 Å². The van der Waals surface area contributed by atoms with Crippen LogP contribution in [-0.2, 0) is 0 Å². The second kappa shape index (κ2) is 1.23. The molecule has 0 saturated heterocycles. The summed E-state index contributed by atoms with van der Waals surface area (Å²) in [6.07, 6.45) is 2.60. The average Bonchev–Trinajstić information content (AvgIpc) is 1.61. The van der Waals surface area contributed by atoms with Crippen molar-refractivity contribution >= 4 is 0 Å².